The number of nitrogens with zero attached hydrogens (tertiary/aromatic N) is 2. The average Bonchev–Trinajstić information content (AvgIpc) is 2.91. The highest BCUT2D eigenvalue weighted by molar-refractivity contribution is 7.19. The van der Waals surface area contributed by atoms with Gasteiger partial charge in [-0.05, 0) is 48.1 Å². The van der Waals surface area contributed by atoms with Crippen molar-refractivity contribution < 1.29 is 9.59 Å². The standard InChI is InChI=1S/C25H29N3O2S/c1-18-22-6-3-4-7-23(22)31-24(18)16-25(30)28-13-5-12-27(14-15-28)17-20-8-10-21(11-9-20)26-19(2)29/h3-4,6-11H,5,12-17H2,1-2H3,(H,26,29). The number of hydrogen-bond donors (Lipinski definition) is 1. The maximum absolute atomic E-state index is 13.0. The van der Waals surface area contributed by atoms with Gasteiger partial charge in [-0.2, -0.15) is 0 Å². The molecule has 1 saturated heterocycles. The molecule has 2 heterocycles. The van der Waals surface area contributed by atoms with Gasteiger partial charge >= 0.3 is 0 Å². The second-order valence-electron chi connectivity index (χ2n) is 8.21. The lowest BCUT2D eigenvalue weighted by Gasteiger charge is -2.22. The zero-order valence-corrected chi connectivity index (χ0v) is 19.0. The lowest BCUT2D eigenvalue weighted by molar-refractivity contribution is -0.130. The van der Waals surface area contributed by atoms with E-state index >= 15 is 0 Å². The van der Waals surface area contributed by atoms with Crippen LogP contribution in [0.5, 0.6) is 0 Å². The molecule has 0 spiro atoms. The van der Waals surface area contributed by atoms with Gasteiger partial charge in [0.1, 0.15) is 0 Å². The topological polar surface area (TPSA) is 52.7 Å². The van der Waals surface area contributed by atoms with Gasteiger partial charge in [-0.15, -0.1) is 11.3 Å². The molecule has 0 radical (unpaired) electrons. The first-order valence-corrected chi connectivity index (χ1v) is 11.6. The number of amides is 2. The Morgan fingerprint density at radius 1 is 1.00 bits per heavy atom. The largest absolute Gasteiger partial charge is 0.341 e. The van der Waals surface area contributed by atoms with Crippen LogP contribution in [0.4, 0.5) is 5.69 Å². The molecular weight excluding hydrogens is 406 g/mol. The number of fused-ring (bicyclic) bond motifs is 1. The lowest BCUT2D eigenvalue weighted by atomic mass is 10.1. The third-order valence-corrected chi connectivity index (χ3v) is 7.15. The van der Waals surface area contributed by atoms with Gasteiger partial charge in [-0.25, -0.2) is 0 Å². The average molecular weight is 436 g/mol. The number of nitrogens with one attached hydrogen (secondary N) is 1. The Balaban J connectivity index is 1.33. The SMILES string of the molecule is CC(=O)Nc1ccc(CN2CCCN(C(=O)Cc3sc4ccccc4c3C)CC2)cc1. The highest BCUT2D eigenvalue weighted by Crippen LogP contribution is 2.31. The van der Waals surface area contributed by atoms with Crippen LogP contribution in [0, 0.1) is 6.92 Å². The molecule has 2 aromatic carbocycles. The highest BCUT2D eigenvalue weighted by Gasteiger charge is 2.21. The maximum atomic E-state index is 13.0. The van der Waals surface area contributed by atoms with E-state index in [0.29, 0.717) is 6.42 Å². The van der Waals surface area contributed by atoms with E-state index in [0.717, 1.165) is 44.8 Å². The van der Waals surface area contributed by atoms with Crippen molar-refractivity contribution in [1.82, 2.24) is 9.80 Å². The zero-order valence-electron chi connectivity index (χ0n) is 18.2. The summed E-state index contributed by atoms with van der Waals surface area (Å²) in [5.41, 5.74) is 3.28. The summed E-state index contributed by atoms with van der Waals surface area (Å²) in [6.45, 7) is 7.96. The molecule has 0 bridgehead atoms. The van der Waals surface area contributed by atoms with Crippen LogP contribution in [0.3, 0.4) is 0 Å². The Morgan fingerprint density at radius 2 is 1.77 bits per heavy atom. The van der Waals surface area contributed by atoms with Crippen LogP contribution in [-0.4, -0.2) is 47.8 Å². The van der Waals surface area contributed by atoms with E-state index in [1.165, 1.54) is 33.0 Å². The minimum absolute atomic E-state index is 0.0594. The van der Waals surface area contributed by atoms with E-state index in [9.17, 15) is 9.59 Å². The molecule has 0 atom stereocenters. The van der Waals surface area contributed by atoms with E-state index in [-0.39, 0.29) is 11.8 Å². The summed E-state index contributed by atoms with van der Waals surface area (Å²) in [6, 6.07) is 16.4. The Hall–Kier alpha value is -2.70. The summed E-state index contributed by atoms with van der Waals surface area (Å²) in [5, 5.41) is 4.07. The molecule has 1 N–H and O–H groups in total. The third-order valence-electron chi connectivity index (χ3n) is 5.88. The van der Waals surface area contributed by atoms with Crippen LogP contribution >= 0.6 is 11.3 Å². The summed E-state index contributed by atoms with van der Waals surface area (Å²) in [7, 11) is 0. The van der Waals surface area contributed by atoms with Crippen molar-refractivity contribution in [2.24, 2.45) is 0 Å². The van der Waals surface area contributed by atoms with Gasteiger partial charge in [-0.3, -0.25) is 14.5 Å². The smallest absolute Gasteiger partial charge is 0.227 e. The molecule has 2 amide bonds. The number of rotatable bonds is 5. The molecule has 6 heteroatoms. The number of thiophene rings is 1. The molecule has 1 aliphatic rings. The van der Waals surface area contributed by atoms with Gasteiger partial charge in [0.15, 0.2) is 0 Å². The van der Waals surface area contributed by atoms with Crippen LogP contribution in [0.1, 0.15) is 29.3 Å². The second-order valence-corrected chi connectivity index (χ2v) is 9.35. The van der Waals surface area contributed by atoms with Crippen molar-refractivity contribution in [3.05, 3.63) is 64.5 Å². The Morgan fingerprint density at radius 3 is 2.52 bits per heavy atom. The Kier molecular flexibility index (Phi) is 6.68. The molecule has 0 unspecified atom stereocenters. The normalized spacial score (nSPS) is 15.1. The third kappa shape index (κ3) is 5.32. The van der Waals surface area contributed by atoms with Crippen molar-refractivity contribution in [3.63, 3.8) is 0 Å². The van der Waals surface area contributed by atoms with Gasteiger partial charge in [0.25, 0.3) is 0 Å². The Labute approximate surface area is 187 Å². The van der Waals surface area contributed by atoms with Crippen molar-refractivity contribution in [2.75, 3.05) is 31.5 Å². The molecule has 3 aromatic rings. The van der Waals surface area contributed by atoms with E-state index in [2.05, 4.69) is 53.5 Å². The summed E-state index contributed by atoms with van der Waals surface area (Å²) in [6.07, 6.45) is 1.48. The number of hydrogen-bond acceptors (Lipinski definition) is 4. The van der Waals surface area contributed by atoms with Gasteiger partial charge < -0.3 is 10.2 Å². The molecule has 4 rings (SSSR count). The number of anilines is 1. The summed E-state index contributed by atoms with van der Waals surface area (Å²) in [5.74, 6) is 0.173. The van der Waals surface area contributed by atoms with E-state index < -0.39 is 0 Å². The highest BCUT2D eigenvalue weighted by atomic mass is 32.1. The van der Waals surface area contributed by atoms with Gasteiger partial charge in [0.2, 0.25) is 11.8 Å². The lowest BCUT2D eigenvalue weighted by Crippen LogP contribution is -2.36. The van der Waals surface area contributed by atoms with E-state index in [1.54, 1.807) is 11.3 Å². The predicted octanol–water partition coefficient (Wildman–Crippen LogP) is 4.45. The fourth-order valence-electron chi connectivity index (χ4n) is 4.18. The molecular formula is C25H29N3O2S. The second kappa shape index (κ2) is 9.62. The summed E-state index contributed by atoms with van der Waals surface area (Å²) in [4.78, 5) is 29.8. The molecule has 1 aromatic heterocycles. The first-order chi connectivity index (χ1) is 15.0. The van der Waals surface area contributed by atoms with Gasteiger partial charge in [-0.1, -0.05) is 30.3 Å². The minimum atomic E-state index is -0.0594. The van der Waals surface area contributed by atoms with E-state index in [1.807, 2.05) is 17.0 Å². The van der Waals surface area contributed by atoms with Crippen LogP contribution < -0.4 is 5.32 Å². The molecule has 1 aliphatic heterocycles. The molecule has 1 fully saturated rings. The molecule has 31 heavy (non-hydrogen) atoms. The van der Waals surface area contributed by atoms with Crippen LogP contribution in [-0.2, 0) is 22.6 Å². The minimum Gasteiger partial charge on any atom is -0.341 e. The summed E-state index contributed by atoms with van der Waals surface area (Å²) < 4.78 is 1.26. The molecule has 0 saturated carbocycles. The van der Waals surface area contributed by atoms with Gasteiger partial charge in [0, 0.05) is 54.9 Å². The number of carbonyl (C=O) groups excluding carboxylic acids is 2. The van der Waals surface area contributed by atoms with Crippen molar-refractivity contribution in [3.8, 4) is 0 Å². The van der Waals surface area contributed by atoms with Crippen LogP contribution in [0.25, 0.3) is 10.1 Å². The maximum Gasteiger partial charge on any atom is 0.227 e. The molecule has 162 valence electrons. The quantitative estimate of drug-likeness (QED) is 0.644. The van der Waals surface area contributed by atoms with Crippen LogP contribution in [0.15, 0.2) is 48.5 Å². The summed E-state index contributed by atoms with van der Waals surface area (Å²) >= 11 is 1.74. The first-order valence-electron chi connectivity index (χ1n) is 10.8. The van der Waals surface area contributed by atoms with Crippen molar-refractivity contribution in [2.45, 2.75) is 33.2 Å². The predicted molar refractivity (Wildman–Crippen MR) is 127 cm³/mol. The zero-order chi connectivity index (χ0) is 21.8. The van der Waals surface area contributed by atoms with Crippen molar-refractivity contribution >= 4 is 38.9 Å². The van der Waals surface area contributed by atoms with Crippen molar-refractivity contribution in [1.29, 1.82) is 0 Å². The fourth-order valence-corrected chi connectivity index (χ4v) is 5.38. The number of benzene rings is 2. The monoisotopic (exact) mass is 435 g/mol. The first kappa shape index (κ1) is 21.5. The Bertz CT molecular complexity index is 1070. The number of carbonyl (C=O) groups is 2. The fraction of sp³-hybridized carbons (Fsp3) is 0.360. The number of aryl methyl sites for hydroxylation is 1. The van der Waals surface area contributed by atoms with E-state index in [4.69, 9.17) is 0 Å². The molecule has 5 nitrogen and oxygen atoms in total. The van der Waals surface area contributed by atoms with Crippen LogP contribution in [0.2, 0.25) is 0 Å². The van der Waals surface area contributed by atoms with Gasteiger partial charge in [0.05, 0.1) is 6.42 Å². The molecule has 0 aliphatic carbocycles.